The Morgan fingerprint density at radius 3 is 2.62 bits per heavy atom. The molecule has 0 atom stereocenters. The first-order valence-electron chi connectivity index (χ1n) is 7.75. The van der Waals surface area contributed by atoms with Gasteiger partial charge in [0, 0.05) is 28.9 Å². The van der Waals surface area contributed by atoms with Crippen molar-refractivity contribution in [2.24, 2.45) is 7.05 Å². The van der Waals surface area contributed by atoms with Crippen molar-refractivity contribution in [1.29, 1.82) is 0 Å². The molecule has 0 saturated heterocycles. The van der Waals surface area contributed by atoms with E-state index in [1.807, 2.05) is 36.9 Å². The molecule has 2 aromatic heterocycles. The number of benzene rings is 1. The van der Waals surface area contributed by atoms with E-state index in [0.717, 1.165) is 25.3 Å². The van der Waals surface area contributed by atoms with Crippen LogP contribution in [0.5, 0.6) is 0 Å². The zero-order valence-corrected chi connectivity index (χ0v) is 16.6. The molecule has 2 heterocycles. The van der Waals surface area contributed by atoms with Crippen LogP contribution in [0.15, 0.2) is 34.8 Å². The van der Waals surface area contributed by atoms with Gasteiger partial charge in [0.2, 0.25) is 0 Å². The van der Waals surface area contributed by atoms with E-state index in [0.29, 0.717) is 6.54 Å². The van der Waals surface area contributed by atoms with Crippen molar-refractivity contribution in [2.45, 2.75) is 26.2 Å². The Balaban J connectivity index is 1.74. The van der Waals surface area contributed by atoms with Crippen LogP contribution >= 0.6 is 27.3 Å². The topological polar surface area (TPSA) is 46.9 Å². The second-order valence-corrected chi connectivity index (χ2v) is 8.56. The quantitative estimate of drug-likeness (QED) is 0.698. The molecule has 0 aliphatic heterocycles. The molecule has 0 unspecified atom stereocenters. The van der Waals surface area contributed by atoms with Crippen LogP contribution in [0.1, 0.15) is 34.8 Å². The second-order valence-electron chi connectivity index (χ2n) is 6.61. The molecule has 6 heteroatoms. The number of aryl methyl sites for hydroxylation is 2. The van der Waals surface area contributed by atoms with Crippen molar-refractivity contribution in [2.75, 3.05) is 6.54 Å². The molecular weight excluding hydrogens is 386 g/mol. The lowest BCUT2D eigenvalue weighted by Gasteiger charge is -2.25. The predicted octanol–water partition coefficient (Wildman–Crippen LogP) is 4.41. The van der Waals surface area contributed by atoms with Gasteiger partial charge < -0.3 is 5.32 Å². The molecule has 0 saturated carbocycles. The fraction of sp³-hybridized carbons (Fsp3) is 0.333. The number of nitrogens with one attached hydrogen (secondary N) is 1. The van der Waals surface area contributed by atoms with Gasteiger partial charge in [-0.15, -0.1) is 11.3 Å². The van der Waals surface area contributed by atoms with E-state index in [1.54, 1.807) is 0 Å². The van der Waals surface area contributed by atoms with Crippen LogP contribution in [-0.2, 0) is 12.5 Å². The number of thiophene rings is 1. The zero-order chi connectivity index (χ0) is 17.5. The summed E-state index contributed by atoms with van der Waals surface area (Å²) in [5.41, 5.74) is 2.02. The molecule has 1 amide bonds. The Hall–Kier alpha value is -1.66. The molecule has 126 valence electrons. The molecule has 0 radical (unpaired) electrons. The number of rotatable bonds is 4. The Labute approximate surface area is 154 Å². The van der Waals surface area contributed by atoms with Crippen LogP contribution in [0.25, 0.3) is 10.2 Å². The number of halogens is 1. The van der Waals surface area contributed by atoms with Crippen LogP contribution in [0.2, 0.25) is 0 Å². The van der Waals surface area contributed by atoms with E-state index >= 15 is 0 Å². The lowest BCUT2D eigenvalue weighted by Crippen LogP contribution is -2.36. The van der Waals surface area contributed by atoms with Crippen LogP contribution < -0.4 is 5.32 Å². The van der Waals surface area contributed by atoms with Gasteiger partial charge in [-0.05, 0) is 30.7 Å². The molecule has 0 fully saturated rings. The van der Waals surface area contributed by atoms with E-state index < -0.39 is 0 Å². The molecule has 0 aliphatic carbocycles. The summed E-state index contributed by atoms with van der Waals surface area (Å²) in [4.78, 5) is 14.3. The molecule has 0 spiro atoms. The number of nitrogens with zero attached hydrogens (tertiary/aromatic N) is 2. The Kier molecular flexibility index (Phi) is 4.53. The van der Waals surface area contributed by atoms with Gasteiger partial charge in [0.15, 0.2) is 0 Å². The van der Waals surface area contributed by atoms with E-state index in [9.17, 15) is 4.79 Å². The van der Waals surface area contributed by atoms with Crippen molar-refractivity contribution in [3.05, 3.63) is 50.9 Å². The van der Waals surface area contributed by atoms with E-state index in [4.69, 9.17) is 0 Å². The van der Waals surface area contributed by atoms with Gasteiger partial charge in [-0.1, -0.05) is 41.9 Å². The Morgan fingerprint density at radius 1 is 1.33 bits per heavy atom. The first-order valence-corrected chi connectivity index (χ1v) is 9.36. The third-order valence-electron chi connectivity index (χ3n) is 4.24. The van der Waals surface area contributed by atoms with Gasteiger partial charge in [-0.25, -0.2) is 0 Å². The largest absolute Gasteiger partial charge is 0.350 e. The lowest BCUT2D eigenvalue weighted by atomic mass is 9.84. The first-order chi connectivity index (χ1) is 11.3. The summed E-state index contributed by atoms with van der Waals surface area (Å²) in [6.45, 7) is 6.82. The SMILES string of the molecule is Cc1nn(C)c2sc(C(=O)NCC(C)(C)c3ccc(Br)cc3)cc12. The molecule has 1 aromatic carbocycles. The summed E-state index contributed by atoms with van der Waals surface area (Å²) in [7, 11) is 1.91. The highest BCUT2D eigenvalue weighted by molar-refractivity contribution is 9.10. The molecule has 3 rings (SSSR count). The average Bonchev–Trinajstić information content (AvgIpc) is 3.08. The number of carbonyl (C=O) groups excluding carboxylic acids is 1. The first kappa shape index (κ1) is 17.2. The fourth-order valence-electron chi connectivity index (χ4n) is 2.71. The number of carbonyl (C=O) groups is 1. The number of fused-ring (bicyclic) bond motifs is 1. The monoisotopic (exact) mass is 405 g/mol. The highest BCUT2D eigenvalue weighted by Gasteiger charge is 2.22. The predicted molar refractivity (Wildman–Crippen MR) is 103 cm³/mol. The maximum atomic E-state index is 12.5. The van der Waals surface area contributed by atoms with Crippen molar-refractivity contribution in [3.63, 3.8) is 0 Å². The summed E-state index contributed by atoms with van der Waals surface area (Å²) in [6, 6.07) is 10.2. The van der Waals surface area contributed by atoms with Gasteiger partial charge in [-0.3, -0.25) is 9.48 Å². The summed E-state index contributed by atoms with van der Waals surface area (Å²) in [6.07, 6.45) is 0. The van der Waals surface area contributed by atoms with Crippen molar-refractivity contribution in [1.82, 2.24) is 15.1 Å². The van der Waals surface area contributed by atoms with Crippen LogP contribution in [-0.4, -0.2) is 22.2 Å². The van der Waals surface area contributed by atoms with Gasteiger partial charge >= 0.3 is 0 Å². The van der Waals surface area contributed by atoms with Gasteiger partial charge in [0.1, 0.15) is 4.83 Å². The van der Waals surface area contributed by atoms with E-state index in [1.165, 1.54) is 16.9 Å². The molecule has 24 heavy (non-hydrogen) atoms. The molecule has 1 N–H and O–H groups in total. The smallest absolute Gasteiger partial charge is 0.261 e. The number of hydrogen-bond acceptors (Lipinski definition) is 3. The standard InChI is InChI=1S/C18H20BrN3OS/c1-11-14-9-15(24-17(14)22(4)21-11)16(23)20-10-18(2,3)12-5-7-13(19)8-6-12/h5-9H,10H2,1-4H3,(H,20,23). The summed E-state index contributed by atoms with van der Waals surface area (Å²) in [5.74, 6) is -0.0270. The molecule has 4 nitrogen and oxygen atoms in total. The number of aromatic nitrogens is 2. The molecule has 3 aromatic rings. The fourth-order valence-corrected chi connectivity index (χ4v) is 4.01. The molecular formula is C18H20BrN3OS. The van der Waals surface area contributed by atoms with E-state index in [-0.39, 0.29) is 11.3 Å². The third-order valence-corrected chi connectivity index (χ3v) is 5.97. The zero-order valence-electron chi connectivity index (χ0n) is 14.2. The molecule has 0 bridgehead atoms. The van der Waals surface area contributed by atoms with Crippen LogP contribution in [0, 0.1) is 6.92 Å². The number of hydrogen-bond donors (Lipinski definition) is 1. The van der Waals surface area contributed by atoms with Gasteiger partial charge in [-0.2, -0.15) is 5.10 Å². The van der Waals surface area contributed by atoms with Crippen molar-refractivity contribution in [3.8, 4) is 0 Å². The number of amides is 1. The third kappa shape index (κ3) is 3.26. The van der Waals surface area contributed by atoms with Crippen molar-refractivity contribution < 1.29 is 4.79 Å². The average molecular weight is 406 g/mol. The highest BCUT2D eigenvalue weighted by Crippen LogP contribution is 2.28. The lowest BCUT2D eigenvalue weighted by molar-refractivity contribution is 0.0950. The maximum Gasteiger partial charge on any atom is 0.261 e. The minimum Gasteiger partial charge on any atom is -0.350 e. The van der Waals surface area contributed by atoms with Crippen LogP contribution in [0.4, 0.5) is 0 Å². The van der Waals surface area contributed by atoms with E-state index in [2.05, 4.69) is 52.3 Å². The Bertz CT molecular complexity index is 859. The summed E-state index contributed by atoms with van der Waals surface area (Å²) in [5, 5.41) is 8.50. The van der Waals surface area contributed by atoms with Gasteiger partial charge in [0.05, 0.1) is 10.6 Å². The second kappa shape index (κ2) is 6.33. The minimum atomic E-state index is -0.134. The van der Waals surface area contributed by atoms with Gasteiger partial charge in [0.25, 0.3) is 5.91 Å². The van der Waals surface area contributed by atoms with Crippen LogP contribution in [0.3, 0.4) is 0 Å². The summed E-state index contributed by atoms with van der Waals surface area (Å²) >= 11 is 4.94. The summed E-state index contributed by atoms with van der Waals surface area (Å²) < 4.78 is 2.89. The van der Waals surface area contributed by atoms with Crippen molar-refractivity contribution >= 4 is 43.4 Å². The Morgan fingerprint density at radius 2 is 2.00 bits per heavy atom. The highest BCUT2D eigenvalue weighted by atomic mass is 79.9. The normalized spacial score (nSPS) is 11.9. The molecule has 0 aliphatic rings. The maximum absolute atomic E-state index is 12.5. The minimum absolute atomic E-state index is 0.0270.